The number of nitrogens with zero attached hydrogens (tertiary/aromatic N) is 2. The lowest BCUT2D eigenvalue weighted by Gasteiger charge is -2.17. The van der Waals surface area contributed by atoms with Crippen LogP contribution in [0.15, 0.2) is 54.6 Å². The van der Waals surface area contributed by atoms with Gasteiger partial charge in [-0.05, 0) is 36.4 Å². The zero-order valence-electron chi connectivity index (χ0n) is 14.5. The number of nitrogens with two attached hydrogens (primary N) is 1. The zero-order valence-corrected chi connectivity index (χ0v) is 16.1. The lowest BCUT2D eigenvalue weighted by molar-refractivity contribution is 0.482. The van der Waals surface area contributed by atoms with Crippen molar-refractivity contribution < 1.29 is 4.74 Å². The highest BCUT2D eigenvalue weighted by molar-refractivity contribution is 5.85. The Morgan fingerprint density at radius 2 is 1.67 bits per heavy atom. The Morgan fingerprint density at radius 3 is 2.33 bits per heavy atom. The van der Waals surface area contributed by atoms with Crippen molar-refractivity contribution in [1.29, 1.82) is 5.26 Å². The molecule has 4 rings (SSSR count). The first kappa shape index (κ1) is 20.7. The molecular formula is C20H20Cl2N4O. The number of aromatic nitrogens is 1. The average molecular weight is 403 g/mol. The van der Waals surface area contributed by atoms with Crippen LogP contribution in [0.25, 0.3) is 5.69 Å². The van der Waals surface area contributed by atoms with Gasteiger partial charge >= 0.3 is 0 Å². The van der Waals surface area contributed by atoms with Gasteiger partial charge in [0.2, 0.25) is 0 Å². The molecule has 1 aliphatic heterocycles. The molecule has 7 heteroatoms. The van der Waals surface area contributed by atoms with Crippen LogP contribution in [0.2, 0.25) is 0 Å². The van der Waals surface area contributed by atoms with Gasteiger partial charge in [-0.15, -0.1) is 24.8 Å². The number of halogens is 2. The quantitative estimate of drug-likeness (QED) is 0.687. The average Bonchev–Trinajstić information content (AvgIpc) is 2.95. The Morgan fingerprint density at radius 1 is 1.00 bits per heavy atom. The van der Waals surface area contributed by atoms with E-state index in [-0.39, 0.29) is 24.8 Å². The molecule has 0 radical (unpaired) electrons. The van der Waals surface area contributed by atoms with E-state index >= 15 is 0 Å². The summed E-state index contributed by atoms with van der Waals surface area (Å²) in [5, 5.41) is 12.9. The molecular weight excluding hydrogens is 383 g/mol. The highest BCUT2D eigenvalue weighted by atomic mass is 35.5. The molecule has 5 nitrogen and oxygen atoms in total. The van der Waals surface area contributed by atoms with Gasteiger partial charge in [-0.3, -0.25) is 0 Å². The number of fused-ring (bicyclic) bond motifs is 1. The summed E-state index contributed by atoms with van der Waals surface area (Å²) >= 11 is 0. The SMILES string of the molecule is Cl.Cl.N#Cc1c(N)c2c(n1-c1ccc(Oc3ccccc3)cc1)CCNC2. The fourth-order valence-electron chi connectivity index (χ4n) is 3.25. The largest absolute Gasteiger partial charge is 0.457 e. The fraction of sp³-hybridized carbons (Fsp3) is 0.150. The van der Waals surface area contributed by atoms with Crippen LogP contribution in [-0.4, -0.2) is 11.1 Å². The normalized spacial score (nSPS) is 12.1. The fourth-order valence-corrected chi connectivity index (χ4v) is 3.25. The van der Waals surface area contributed by atoms with Crippen LogP contribution in [0.5, 0.6) is 11.5 Å². The highest BCUT2D eigenvalue weighted by Gasteiger charge is 2.23. The maximum atomic E-state index is 9.56. The molecule has 0 atom stereocenters. The van der Waals surface area contributed by atoms with Crippen LogP contribution in [0.4, 0.5) is 5.69 Å². The van der Waals surface area contributed by atoms with Crippen molar-refractivity contribution in [3.05, 3.63) is 71.5 Å². The van der Waals surface area contributed by atoms with E-state index in [0.29, 0.717) is 17.9 Å². The molecule has 0 aliphatic carbocycles. The monoisotopic (exact) mass is 402 g/mol. The summed E-state index contributed by atoms with van der Waals surface area (Å²) in [6.07, 6.45) is 0.851. The topological polar surface area (TPSA) is 76.0 Å². The number of anilines is 1. The number of nitriles is 1. The standard InChI is InChI=1S/C20H18N4O.2ClH/c21-12-19-20(22)17-13-23-11-10-18(17)24(19)14-6-8-16(9-7-14)25-15-4-2-1-3-5-15;;/h1-9,23H,10-11,13,22H2;2*1H. The first-order chi connectivity index (χ1) is 12.3. The van der Waals surface area contributed by atoms with E-state index in [2.05, 4.69) is 11.4 Å². The molecule has 3 aromatic rings. The molecule has 3 N–H and O–H groups in total. The molecule has 2 aromatic carbocycles. The summed E-state index contributed by atoms with van der Waals surface area (Å²) in [5.74, 6) is 1.55. The molecule has 1 aliphatic rings. The number of nitrogens with one attached hydrogen (secondary N) is 1. The number of ether oxygens (including phenoxy) is 1. The second-order valence-electron chi connectivity index (χ2n) is 5.97. The van der Waals surface area contributed by atoms with Crippen molar-refractivity contribution in [2.45, 2.75) is 13.0 Å². The van der Waals surface area contributed by atoms with Gasteiger partial charge in [0, 0.05) is 36.5 Å². The van der Waals surface area contributed by atoms with Crippen LogP contribution in [0.1, 0.15) is 17.0 Å². The molecule has 0 spiro atoms. The third kappa shape index (κ3) is 3.88. The first-order valence-electron chi connectivity index (χ1n) is 8.24. The Bertz CT molecular complexity index is 947. The van der Waals surface area contributed by atoms with E-state index in [1.165, 1.54) is 0 Å². The van der Waals surface area contributed by atoms with Crippen LogP contribution in [-0.2, 0) is 13.0 Å². The van der Waals surface area contributed by atoms with E-state index in [4.69, 9.17) is 10.5 Å². The first-order valence-corrected chi connectivity index (χ1v) is 8.24. The lowest BCUT2D eigenvalue weighted by Crippen LogP contribution is -2.24. The van der Waals surface area contributed by atoms with Gasteiger partial charge in [0.15, 0.2) is 0 Å². The third-order valence-electron chi connectivity index (χ3n) is 4.44. The minimum Gasteiger partial charge on any atom is -0.457 e. The Labute approximate surface area is 170 Å². The van der Waals surface area contributed by atoms with E-state index in [1.54, 1.807) is 0 Å². The molecule has 0 unspecified atom stereocenters. The van der Waals surface area contributed by atoms with Gasteiger partial charge in [0.25, 0.3) is 0 Å². The summed E-state index contributed by atoms with van der Waals surface area (Å²) in [4.78, 5) is 0. The number of hydrogen-bond acceptors (Lipinski definition) is 4. The summed E-state index contributed by atoms with van der Waals surface area (Å²) in [6, 6.07) is 19.6. The summed E-state index contributed by atoms with van der Waals surface area (Å²) in [5.41, 5.74) is 10.4. The summed E-state index contributed by atoms with van der Waals surface area (Å²) in [6.45, 7) is 1.59. The lowest BCUT2D eigenvalue weighted by atomic mass is 10.1. The Balaban J connectivity index is 0.00000131. The van der Waals surface area contributed by atoms with Crippen molar-refractivity contribution in [2.24, 2.45) is 0 Å². The van der Waals surface area contributed by atoms with E-state index < -0.39 is 0 Å². The predicted octanol–water partition coefficient (Wildman–Crippen LogP) is 4.21. The minimum absolute atomic E-state index is 0. The van der Waals surface area contributed by atoms with Gasteiger partial charge in [-0.1, -0.05) is 18.2 Å². The second-order valence-corrected chi connectivity index (χ2v) is 5.97. The summed E-state index contributed by atoms with van der Waals surface area (Å²) in [7, 11) is 0. The van der Waals surface area contributed by atoms with Crippen molar-refractivity contribution in [3.8, 4) is 23.3 Å². The zero-order chi connectivity index (χ0) is 17.2. The molecule has 0 fully saturated rings. The molecule has 0 saturated carbocycles. The Kier molecular flexibility index (Phi) is 6.75. The Hall–Kier alpha value is -2.65. The van der Waals surface area contributed by atoms with Gasteiger partial charge in [0.1, 0.15) is 23.3 Å². The maximum Gasteiger partial charge on any atom is 0.148 e. The van der Waals surface area contributed by atoms with E-state index in [9.17, 15) is 5.26 Å². The molecule has 2 heterocycles. The number of nitrogen functional groups attached to an aromatic ring is 1. The van der Waals surface area contributed by atoms with Crippen LogP contribution >= 0.6 is 24.8 Å². The maximum absolute atomic E-state index is 9.56. The molecule has 0 saturated heterocycles. The summed E-state index contributed by atoms with van der Waals surface area (Å²) < 4.78 is 7.80. The number of benzene rings is 2. The minimum atomic E-state index is 0. The van der Waals surface area contributed by atoms with E-state index in [1.807, 2.05) is 59.2 Å². The third-order valence-corrected chi connectivity index (χ3v) is 4.44. The molecule has 0 amide bonds. The van der Waals surface area contributed by atoms with Gasteiger partial charge in [-0.25, -0.2) is 0 Å². The number of para-hydroxylation sites is 1. The predicted molar refractivity (Wildman–Crippen MR) is 111 cm³/mol. The van der Waals surface area contributed by atoms with Crippen LogP contribution < -0.4 is 15.8 Å². The molecule has 1 aromatic heterocycles. The number of rotatable bonds is 3. The van der Waals surface area contributed by atoms with Crippen molar-refractivity contribution in [1.82, 2.24) is 9.88 Å². The van der Waals surface area contributed by atoms with Crippen molar-refractivity contribution in [3.63, 3.8) is 0 Å². The molecule has 0 bridgehead atoms. The smallest absolute Gasteiger partial charge is 0.148 e. The van der Waals surface area contributed by atoms with Gasteiger partial charge in [-0.2, -0.15) is 5.26 Å². The molecule has 27 heavy (non-hydrogen) atoms. The van der Waals surface area contributed by atoms with E-state index in [0.717, 1.165) is 41.4 Å². The molecule has 140 valence electrons. The highest BCUT2D eigenvalue weighted by Crippen LogP contribution is 2.32. The van der Waals surface area contributed by atoms with Crippen molar-refractivity contribution in [2.75, 3.05) is 12.3 Å². The van der Waals surface area contributed by atoms with Gasteiger partial charge in [0.05, 0.1) is 5.69 Å². The van der Waals surface area contributed by atoms with Crippen molar-refractivity contribution >= 4 is 30.5 Å². The van der Waals surface area contributed by atoms with Crippen LogP contribution in [0.3, 0.4) is 0 Å². The number of hydrogen-bond donors (Lipinski definition) is 2. The van der Waals surface area contributed by atoms with Gasteiger partial charge < -0.3 is 20.4 Å². The van der Waals surface area contributed by atoms with Crippen LogP contribution in [0, 0.1) is 11.3 Å². The second kappa shape index (κ2) is 8.83.